The van der Waals surface area contributed by atoms with E-state index < -0.39 is 28.4 Å². The Kier molecular flexibility index (Phi) is 9.64. The zero-order valence-electron chi connectivity index (χ0n) is 24.5. The van der Waals surface area contributed by atoms with Gasteiger partial charge in [-0.3, -0.25) is 9.69 Å². The average molecular weight is 659 g/mol. The second kappa shape index (κ2) is 13.0. The fourth-order valence-electron chi connectivity index (χ4n) is 6.21. The molecule has 2 atom stereocenters. The number of likely N-dealkylation sites (tertiary alicyclic amines) is 1. The van der Waals surface area contributed by atoms with Crippen molar-refractivity contribution in [3.05, 3.63) is 40.4 Å². The Morgan fingerprint density at radius 1 is 1.20 bits per heavy atom. The van der Waals surface area contributed by atoms with Crippen LogP contribution in [0.5, 0.6) is 5.06 Å². The third kappa shape index (κ3) is 6.77. The summed E-state index contributed by atoms with van der Waals surface area (Å²) in [4.78, 5) is 18.7. The molecule has 5 rings (SSSR count). The first-order valence-electron chi connectivity index (χ1n) is 14.5. The number of thiophene rings is 1. The van der Waals surface area contributed by atoms with Gasteiger partial charge in [0.2, 0.25) is 10.0 Å². The monoisotopic (exact) mass is 658 g/mol. The summed E-state index contributed by atoms with van der Waals surface area (Å²) >= 11 is 1.01. The molecule has 10 nitrogen and oxygen atoms in total. The van der Waals surface area contributed by atoms with Crippen LogP contribution in [0, 0.1) is 0 Å². The van der Waals surface area contributed by atoms with Crippen molar-refractivity contribution in [2.75, 3.05) is 39.1 Å². The van der Waals surface area contributed by atoms with Gasteiger partial charge in [0.1, 0.15) is 0 Å². The van der Waals surface area contributed by atoms with Gasteiger partial charge in [-0.25, -0.2) is 12.7 Å². The van der Waals surface area contributed by atoms with Crippen molar-refractivity contribution in [2.24, 2.45) is 5.73 Å². The summed E-state index contributed by atoms with van der Waals surface area (Å²) in [6.07, 6.45) is -3.21. The number of aliphatic hydroxyl groups is 1. The normalized spacial score (nSPS) is 20.0. The molecule has 0 aliphatic carbocycles. The van der Waals surface area contributed by atoms with Crippen LogP contribution in [0.1, 0.15) is 59.3 Å². The molecule has 0 radical (unpaired) electrons. The highest BCUT2D eigenvalue weighted by atomic mass is 32.2. The third-order valence-electron chi connectivity index (χ3n) is 8.51. The van der Waals surface area contributed by atoms with Gasteiger partial charge in [0.05, 0.1) is 23.4 Å². The molecule has 2 aliphatic rings. The molecule has 0 spiro atoms. The number of primary amides is 1. The number of amides is 1. The standard InChI is InChI=1S/C29H37F3N4O6S2/c1-3-44(39,40)36-9-6-17(7-10-36)24-14-34-25-22(24)11-18(12-23(25)26(33)37)21-13-20(15-35-8-4-5-19(35)16-41-2)43-27(21)42-28(38)29(30,31)32/h11-14,17,19,28,34,38H,3-10,15-16H2,1-2H3,(H2,33,37). The number of halogens is 3. The fraction of sp³-hybridized carbons (Fsp3) is 0.552. The first-order chi connectivity index (χ1) is 20.8. The minimum atomic E-state index is -5.00. The number of alkyl halides is 3. The highest BCUT2D eigenvalue weighted by Gasteiger charge is 2.41. The number of aromatic amines is 1. The minimum Gasteiger partial charge on any atom is -0.445 e. The molecule has 1 aromatic carbocycles. The molecule has 15 heteroatoms. The van der Waals surface area contributed by atoms with E-state index in [1.165, 1.54) is 10.4 Å². The molecule has 2 unspecified atom stereocenters. The van der Waals surface area contributed by atoms with Gasteiger partial charge in [-0.2, -0.15) is 13.2 Å². The van der Waals surface area contributed by atoms with Crippen molar-refractivity contribution in [2.45, 2.75) is 63.6 Å². The van der Waals surface area contributed by atoms with Crippen LogP contribution in [0.2, 0.25) is 0 Å². The van der Waals surface area contributed by atoms with Crippen LogP contribution in [0.25, 0.3) is 22.0 Å². The lowest BCUT2D eigenvalue weighted by molar-refractivity contribution is -0.264. The molecule has 242 valence electrons. The number of nitrogens with two attached hydrogens (primary N) is 1. The highest BCUT2D eigenvalue weighted by Crippen LogP contribution is 2.44. The van der Waals surface area contributed by atoms with Gasteiger partial charge in [-0.1, -0.05) is 0 Å². The van der Waals surface area contributed by atoms with Crippen LogP contribution in [0.4, 0.5) is 13.2 Å². The Hall–Kier alpha value is -2.69. The van der Waals surface area contributed by atoms with Gasteiger partial charge >= 0.3 is 6.18 Å². The number of rotatable bonds is 11. The summed E-state index contributed by atoms with van der Waals surface area (Å²) in [7, 11) is -1.69. The molecule has 0 saturated carbocycles. The third-order valence-corrected chi connectivity index (χ3v) is 11.4. The van der Waals surface area contributed by atoms with Crippen molar-refractivity contribution >= 4 is 38.2 Å². The number of hydrogen-bond donors (Lipinski definition) is 3. The average Bonchev–Trinajstić information content (AvgIpc) is 3.71. The summed E-state index contributed by atoms with van der Waals surface area (Å²) < 4.78 is 76.7. The first kappa shape index (κ1) is 32.7. The van der Waals surface area contributed by atoms with E-state index in [0.717, 1.165) is 41.2 Å². The van der Waals surface area contributed by atoms with Crippen molar-refractivity contribution in [1.82, 2.24) is 14.2 Å². The van der Waals surface area contributed by atoms with Gasteiger partial charge in [0.25, 0.3) is 12.2 Å². The van der Waals surface area contributed by atoms with Crippen LogP contribution in [-0.4, -0.2) is 91.2 Å². The zero-order chi connectivity index (χ0) is 31.8. The number of piperidine rings is 1. The number of carbonyl (C=O) groups is 1. The van der Waals surface area contributed by atoms with Gasteiger partial charge < -0.3 is 25.3 Å². The van der Waals surface area contributed by atoms with Gasteiger partial charge in [-0.05, 0) is 74.4 Å². The molecule has 44 heavy (non-hydrogen) atoms. The van der Waals surface area contributed by atoms with E-state index in [9.17, 15) is 31.5 Å². The largest absolute Gasteiger partial charge is 0.452 e. The number of ether oxygens (including phenoxy) is 2. The Bertz CT molecular complexity index is 1600. The second-order valence-corrected chi connectivity index (χ2v) is 14.6. The molecule has 0 bridgehead atoms. The quantitative estimate of drug-likeness (QED) is 0.260. The van der Waals surface area contributed by atoms with Crippen LogP contribution < -0.4 is 10.5 Å². The zero-order valence-corrected chi connectivity index (χ0v) is 26.2. The number of H-pyrrole nitrogens is 1. The maximum atomic E-state index is 13.4. The summed E-state index contributed by atoms with van der Waals surface area (Å²) in [5.41, 5.74) is 8.00. The Balaban J connectivity index is 1.54. The Labute approximate surface area is 258 Å². The smallest absolute Gasteiger partial charge is 0.445 e. The molecule has 3 aromatic rings. The van der Waals surface area contributed by atoms with Gasteiger partial charge in [0, 0.05) is 54.8 Å². The first-order valence-corrected chi connectivity index (χ1v) is 16.9. The van der Waals surface area contributed by atoms with Crippen LogP contribution >= 0.6 is 11.3 Å². The summed E-state index contributed by atoms with van der Waals surface area (Å²) in [6.45, 7) is 4.13. The molecular formula is C29H37F3N4O6S2. The van der Waals surface area contributed by atoms with Crippen molar-refractivity contribution < 1.29 is 41.0 Å². The van der Waals surface area contributed by atoms with Crippen LogP contribution in [-0.2, 0) is 21.3 Å². The van der Waals surface area contributed by atoms with E-state index in [-0.39, 0.29) is 28.3 Å². The van der Waals surface area contributed by atoms with E-state index >= 15 is 0 Å². The Morgan fingerprint density at radius 3 is 2.57 bits per heavy atom. The minimum absolute atomic E-state index is 0.0169. The van der Waals surface area contributed by atoms with Crippen LogP contribution in [0.3, 0.4) is 0 Å². The lowest BCUT2D eigenvalue weighted by atomic mass is 9.88. The number of fused-ring (bicyclic) bond motifs is 1. The van der Waals surface area contributed by atoms with E-state index in [1.54, 1.807) is 32.4 Å². The summed E-state index contributed by atoms with van der Waals surface area (Å²) in [6, 6.07) is 5.21. The SMILES string of the molecule is CCS(=O)(=O)N1CCC(c2c[nH]c3c(C(N)=O)cc(-c4cc(CN5CCCC5COC)sc4OC(O)C(F)(F)F)cc23)CC1. The Morgan fingerprint density at radius 2 is 1.93 bits per heavy atom. The number of carbonyl (C=O) groups excluding carboxylic acids is 1. The molecular weight excluding hydrogens is 621 g/mol. The second-order valence-electron chi connectivity index (χ2n) is 11.3. The number of aromatic nitrogens is 1. The van der Waals surface area contributed by atoms with Crippen molar-refractivity contribution in [1.29, 1.82) is 0 Å². The van der Waals surface area contributed by atoms with Crippen LogP contribution in [0.15, 0.2) is 24.4 Å². The van der Waals surface area contributed by atoms with Crippen molar-refractivity contribution in [3.8, 4) is 16.2 Å². The number of sulfonamides is 1. The lowest BCUT2D eigenvalue weighted by Gasteiger charge is -2.31. The molecule has 2 aliphatic heterocycles. The molecule has 2 fully saturated rings. The predicted octanol–water partition coefficient (Wildman–Crippen LogP) is 4.39. The number of aliphatic hydroxyl groups excluding tert-OH is 1. The fourth-order valence-corrected chi connectivity index (χ4v) is 8.41. The maximum absolute atomic E-state index is 13.4. The number of nitrogens with zero attached hydrogens (tertiary/aromatic N) is 2. The highest BCUT2D eigenvalue weighted by molar-refractivity contribution is 7.89. The molecule has 2 aromatic heterocycles. The predicted molar refractivity (Wildman–Crippen MR) is 161 cm³/mol. The van der Waals surface area contributed by atoms with E-state index in [4.69, 9.17) is 15.2 Å². The van der Waals surface area contributed by atoms with Gasteiger partial charge in [-0.15, -0.1) is 11.3 Å². The van der Waals surface area contributed by atoms with E-state index in [0.29, 0.717) is 61.1 Å². The maximum Gasteiger partial charge on any atom is 0.452 e. The topological polar surface area (TPSA) is 138 Å². The molecule has 1 amide bonds. The van der Waals surface area contributed by atoms with Crippen molar-refractivity contribution in [3.63, 3.8) is 0 Å². The van der Waals surface area contributed by atoms with Gasteiger partial charge in [0.15, 0.2) is 5.06 Å². The number of benzene rings is 1. The number of methoxy groups -OCH3 is 1. The lowest BCUT2D eigenvalue weighted by Crippen LogP contribution is -2.38. The molecule has 4 N–H and O–H groups in total. The molecule has 2 saturated heterocycles. The van der Waals surface area contributed by atoms with E-state index in [2.05, 4.69) is 9.88 Å². The summed E-state index contributed by atoms with van der Waals surface area (Å²) in [5.74, 6) is -0.713. The van der Waals surface area contributed by atoms with E-state index in [1.807, 2.05) is 0 Å². The number of hydrogen-bond acceptors (Lipinski definition) is 8. The summed E-state index contributed by atoms with van der Waals surface area (Å²) in [5, 5.41) is 10.4. The number of nitrogens with one attached hydrogen (secondary N) is 1. The molecule has 4 heterocycles.